The van der Waals surface area contributed by atoms with Crippen LogP contribution in [0.5, 0.6) is 5.75 Å². The number of benzene rings is 2. The zero-order chi connectivity index (χ0) is 21.6. The van der Waals surface area contributed by atoms with E-state index >= 15 is 0 Å². The first-order chi connectivity index (χ1) is 13.6. The Morgan fingerprint density at radius 3 is 2.48 bits per heavy atom. The van der Waals surface area contributed by atoms with Crippen molar-refractivity contribution in [3.05, 3.63) is 58.1 Å². The molecule has 0 radical (unpaired) electrons. The van der Waals surface area contributed by atoms with Crippen LogP contribution in [-0.2, 0) is 10.0 Å². The number of ether oxygens (including phenoxy) is 1. The second-order valence-corrected chi connectivity index (χ2v) is 8.76. The molecule has 0 bridgehead atoms. The number of primary sulfonamides is 1. The SMILES string of the molecule is CCCOc1ccccc1C(CC(C)C)Nc1ccc(S(N)(=O)=O)cc1[N+](=O)[O-]. The van der Waals surface area contributed by atoms with Gasteiger partial charge in [0, 0.05) is 11.6 Å². The van der Waals surface area contributed by atoms with Crippen LogP contribution in [0.4, 0.5) is 11.4 Å². The van der Waals surface area contributed by atoms with E-state index in [1.807, 2.05) is 31.2 Å². The fourth-order valence-corrected chi connectivity index (χ4v) is 3.53. The topological polar surface area (TPSA) is 125 Å². The second-order valence-electron chi connectivity index (χ2n) is 7.19. The van der Waals surface area contributed by atoms with Crippen molar-refractivity contribution in [2.24, 2.45) is 11.1 Å². The molecule has 1 atom stereocenters. The Morgan fingerprint density at radius 1 is 1.21 bits per heavy atom. The van der Waals surface area contributed by atoms with E-state index in [0.717, 1.165) is 23.8 Å². The van der Waals surface area contributed by atoms with Gasteiger partial charge in [-0.15, -0.1) is 0 Å². The molecule has 0 amide bonds. The number of nitrogens with one attached hydrogen (secondary N) is 1. The van der Waals surface area contributed by atoms with Crippen molar-refractivity contribution in [1.29, 1.82) is 0 Å². The summed E-state index contributed by atoms with van der Waals surface area (Å²) in [4.78, 5) is 10.6. The number of anilines is 1. The van der Waals surface area contributed by atoms with E-state index in [4.69, 9.17) is 9.88 Å². The first-order valence-electron chi connectivity index (χ1n) is 9.43. The molecule has 0 aliphatic carbocycles. The van der Waals surface area contributed by atoms with Gasteiger partial charge in [0.15, 0.2) is 0 Å². The maximum absolute atomic E-state index is 11.6. The van der Waals surface area contributed by atoms with E-state index in [2.05, 4.69) is 19.2 Å². The summed E-state index contributed by atoms with van der Waals surface area (Å²) in [5.41, 5.74) is 0.759. The molecule has 158 valence electrons. The van der Waals surface area contributed by atoms with E-state index in [-0.39, 0.29) is 22.3 Å². The summed E-state index contributed by atoms with van der Waals surface area (Å²) in [5.74, 6) is 1.02. The smallest absolute Gasteiger partial charge is 0.293 e. The van der Waals surface area contributed by atoms with Crippen molar-refractivity contribution in [2.75, 3.05) is 11.9 Å². The monoisotopic (exact) mass is 421 g/mol. The molecule has 3 N–H and O–H groups in total. The molecule has 29 heavy (non-hydrogen) atoms. The van der Waals surface area contributed by atoms with Crippen LogP contribution in [0, 0.1) is 16.0 Å². The van der Waals surface area contributed by atoms with Crippen LogP contribution in [0.15, 0.2) is 47.4 Å². The number of nitro benzene ring substituents is 1. The lowest BCUT2D eigenvalue weighted by atomic mass is 9.95. The molecule has 0 saturated carbocycles. The standard InChI is InChI=1S/C20H27N3O5S/c1-4-11-28-20-8-6-5-7-16(20)18(12-14(2)3)22-17-10-9-15(29(21,26)27)13-19(17)23(24)25/h5-10,13-14,18,22H,4,11-12H2,1-3H3,(H2,21,26,27). The molecule has 0 aromatic heterocycles. The Morgan fingerprint density at radius 2 is 1.90 bits per heavy atom. The van der Waals surface area contributed by atoms with Crippen LogP contribution >= 0.6 is 0 Å². The average Bonchev–Trinajstić information content (AvgIpc) is 2.65. The molecule has 2 rings (SSSR count). The Bertz CT molecular complexity index is 960. The highest BCUT2D eigenvalue weighted by atomic mass is 32.2. The van der Waals surface area contributed by atoms with Gasteiger partial charge in [-0.3, -0.25) is 10.1 Å². The molecular formula is C20H27N3O5S. The summed E-state index contributed by atoms with van der Waals surface area (Å²) in [5, 5.41) is 19.9. The number of rotatable bonds is 10. The maximum Gasteiger partial charge on any atom is 0.293 e. The quantitative estimate of drug-likeness (QED) is 0.437. The maximum atomic E-state index is 11.6. The largest absolute Gasteiger partial charge is 0.493 e. The van der Waals surface area contributed by atoms with Crippen molar-refractivity contribution in [3.63, 3.8) is 0 Å². The van der Waals surface area contributed by atoms with Crippen LogP contribution in [-0.4, -0.2) is 19.9 Å². The number of sulfonamides is 1. The molecule has 0 heterocycles. The van der Waals surface area contributed by atoms with Gasteiger partial charge in [-0.1, -0.05) is 39.0 Å². The molecule has 0 aliphatic heterocycles. The van der Waals surface area contributed by atoms with E-state index in [0.29, 0.717) is 18.9 Å². The first kappa shape index (κ1) is 22.6. The van der Waals surface area contributed by atoms with Gasteiger partial charge in [-0.25, -0.2) is 13.6 Å². The molecule has 9 heteroatoms. The lowest BCUT2D eigenvalue weighted by molar-refractivity contribution is -0.384. The van der Waals surface area contributed by atoms with Gasteiger partial charge < -0.3 is 10.1 Å². The predicted octanol–water partition coefficient (Wildman–Crippen LogP) is 4.23. The Kier molecular flexibility index (Phi) is 7.58. The van der Waals surface area contributed by atoms with E-state index in [9.17, 15) is 18.5 Å². The second kappa shape index (κ2) is 9.71. The first-order valence-corrected chi connectivity index (χ1v) is 11.0. The highest BCUT2D eigenvalue weighted by Crippen LogP contribution is 2.36. The predicted molar refractivity (Wildman–Crippen MR) is 113 cm³/mol. The summed E-state index contributed by atoms with van der Waals surface area (Å²) in [6.45, 7) is 6.70. The number of para-hydroxylation sites is 1. The van der Waals surface area contributed by atoms with Crippen LogP contribution in [0.25, 0.3) is 0 Å². The third kappa shape index (κ3) is 6.16. The zero-order valence-electron chi connectivity index (χ0n) is 16.8. The van der Waals surface area contributed by atoms with Gasteiger partial charge in [0.05, 0.1) is 22.5 Å². The highest BCUT2D eigenvalue weighted by molar-refractivity contribution is 7.89. The van der Waals surface area contributed by atoms with E-state index in [1.54, 1.807) is 0 Å². The van der Waals surface area contributed by atoms with Crippen LogP contribution in [0.2, 0.25) is 0 Å². The molecule has 2 aromatic carbocycles. The molecule has 0 fully saturated rings. The summed E-state index contributed by atoms with van der Waals surface area (Å²) in [6.07, 6.45) is 1.55. The van der Waals surface area contributed by atoms with Gasteiger partial charge in [-0.2, -0.15) is 0 Å². The van der Waals surface area contributed by atoms with E-state index < -0.39 is 14.9 Å². The molecule has 8 nitrogen and oxygen atoms in total. The molecule has 0 spiro atoms. The molecule has 1 unspecified atom stereocenters. The third-order valence-electron chi connectivity index (χ3n) is 4.29. The van der Waals surface area contributed by atoms with Crippen molar-refractivity contribution in [3.8, 4) is 5.75 Å². The van der Waals surface area contributed by atoms with Crippen molar-refractivity contribution in [1.82, 2.24) is 0 Å². The number of nitrogens with zero attached hydrogens (tertiary/aromatic N) is 1. The third-order valence-corrected chi connectivity index (χ3v) is 5.20. The molecule has 2 aromatic rings. The van der Waals surface area contributed by atoms with Gasteiger partial charge >= 0.3 is 0 Å². The Hall–Kier alpha value is -2.65. The zero-order valence-corrected chi connectivity index (χ0v) is 17.6. The van der Waals surface area contributed by atoms with Gasteiger partial charge in [0.2, 0.25) is 10.0 Å². The summed E-state index contributed by atoms with van der Waals surface area (Å²) >= 11 is 0. The van der Waals surface area contributed by atoms with Gasteiger partial charge in [0.25, 0.3) is 5.69 Å². The normalized spacial score (nSPS) is 12.6. The van der Waals surface area contributed by atoms with Crippen molar-refractivity contribution in [2.45, 2.75) is 44.6 Å². The lowest BCUT2D eigenvalue weighted by Crippen LogP contribution is -2.17. The Balaban J connectivity index is 2.48. The number of hydrogen-bond donors (Lipinski definition) is 2. The van der Waals surface area contributed by atoms with Gasteiger partial charge in [-0.05, 0) is 37.0 Å². The van der Waals surface area contributed by atoms with Crippen LogP contribution in [0.3, 0.4) is 0 Å². The minimum Gasteiger partial charge on any atom is -0.493 e. The summed E-state index contributed by atoms with van der Waals surface area (Å²) in [7, 11) is -4.04. The van der Waals surface area contributed by atoms with Gasteiger partial charge in [0.1, 0.15) is 11.4 Å². The fraction of sp³-hybridized carbons (Fsp3) is 0.400. The molecule has 0 saturated heterocycles. The Labute approximate surface area is 171 Å². The number of hydrogen-bond acceptors (Lipinski definition) is 6. The van der Waals surface area contributed by atoms with Crippen LogP contribution in [0.1, 0.15) is 45.2 Å². The fourth-order valence-electron chi connectivity index (χ4n) is 3.00. The lowest BCUT2D eigenvalue weighted by Gasteiger charge is -2.24. The molecular weight excluding hydrogens is 394 g/mol. The van der Waals surface area contributed by atoms with Crippen LogP contribution < -0.4 is 15.2 Å². The average molecular weight is 422 g/mol. The summed E-state index contributed by atoms with van der Waals surface area (Å²) in [6, 6.07) is 10.9. The van der Waals surface area contributed by atoms with E-state index in [1.165, 1.54) is 12.1 Å². The number of nitrogens with two attached hydrogens (primary N) is 1. The molecule has 0 aliphatic rings. The minimum absolute atomic E-state index is 0.221. The highest BCUT2D eigenvalue weighted by Gasteiger charge is 2.24. The summed E-state index contributed by atoms with van der Waals surface area (Å²) < 4.78 is 29.0. The number of nitro groups is 1. The van der Waals surface area contributed by atoms with Crippen molar-refractivity contribution < 1.29 is 18.1 Å². The van der Waals surface area contributed by atoms with Crippen molar-refractivity contribution >= 4 is 21.4 Å². The minimum atomic E-state index is -4.04.